The first-order valence-electron chi connectivity index (χ1n) is 6.78. The summed E-state index contributed by atoms with van der Waals surface area (Å²) in [5.41, 5.74) is 1.27. The van der Waals surface area contributed by atoms with E-state index in [0.29, 0.717) is 6.10 Å². The molecule has 0 amide bonds. The number of piperidine rings is 1. The number of likely N-dealkylation sites (tertiary alicyclic amines) is 1. The fourth-order valence-electron chi connectivity index (χ4n) is 2.45. The lowest BCUT2D eigenvalue weighted by Gasteiger charge is -2.32. The second kappa shape index (κ2) is 6.71. The molecule has 1 unspecified atom stereocenters. The maximum atomic E-state index is 5.72. The molecule has 0 saturated carbocycles. The van der Waals surface area contributed by atoms with E-state index in [0.717, 1.165) is 32.1 Å². The third-order valence-electron chi connectivity index (χ3n) is 3.35. The van der Waals surface area contributed by atoms with E-state index in [1.165, 1.54) is 18.4 Å². The van der Waals surface area contributed by atoms with Gasteiger partial charge in [0.1, 0.15) is 5.82 Å². The van der Waals surface area contributed by atoms with Crippen molar-refractivity contribution in [3.8, 4) is 0 Å². The zero-order chi connectivity index (χ0) is 12.8. The van der Waals surface area contributed by atoms with Gasteiger partial charge in [0.2, 0.25) is 0 Å². The van der Waals surface area contributed by atoms with Crippen LogP contribution in [0.25, 0.3) is 0 Å². The zero-order valence-corrected chi connectivity index (χ0v) is 11.4. The predicted molar refractivity (Wildman–Crippen MR) is 73.7 cm³/mol. The van der Waals surface area contributed by atoms with Crippen molar-refractivity contribution in [1.29, 1.82) is 0 Å². The Hall–Kier alpha value is -1.13. The fourth-order valence-corrected chi connectivity index (χ4v) is 2.45. The molecular formula is C14H23N3O. The summed E-state index contributed by atoms with van der Waals surface area (Å²) in [5.74, 6) is 0.921. The van der Waals surface area contributed by atoms with Crippen molar-refractivity contribution in [1.82, 2.24) is 9.88 Å². The Balaban J connectivity index is 1.87. The average molecular weight is 249 g/mol. The molecule has 0 spiro atoms. The van der Waals surface area contributed by atoms with Crippen LogP contribution in [0.15, 0.2) is 18.3 Å². The van der Waals surface area contributed by atoms with Crippen molar-refractivity contribution in [3.05, 3.63) is 23.9 Å². The highest BCUT2D eigenvalue weighted by Gasteiger charge is 2.19. The maximum absolute atomic E-state index is 5.72. The zero-order valence-electron chi connectivity index (χ0n) is 11.4. The first-order valence-corrected chi connectivity index (χ1v) is 6.78. The van der Waals surface area contributed by atoms with Gasteiger partial charge in [-0.2, -0.15) is 0 Å². The van der Waals surface area contributed by atoms with Gasteiger partial charge in [0, 0.05) is 32.9 Å². The van der Waals surface area contributed by atoms with Crippen LogP contribution in [0, 0.1) is 0 Å². The summed E-state index contributed by atoms with van der Waals surface area (Å²) in [6.45, 7) is 6.07. The summed E-state index contributed by atoms with van der Waals surface area (Å²) in [5, 5.41) is 3.04. The predicted octanol–water partition coefficient (Wildman–Crippen LogP) is 2.12. The molecule has 1 fully saturated rings. The molecule has 1 aliphatic rings. The Morgan fingerprint density at radius 3 is 3.06 bits per heavy atom. The Morgan fingerprint density at radius 1 is 1.50 bits per heavy atom. The van der Waals surface area contributed by atoms with Gasteiger partial charge in [0.05, 0.1) is 6.10 Å². The highest BCUT2D eigenvalue weighted by atomic mass is 16.5. The summed E-state index contributed by atoms with van der Waals surface area (Å²) < 4.78 is 5.72. The van der Waals surface area contributed by atoms with Gasteiger partial charge in [-0.25, -0.2) is 4.98 Å². The normalized spacial score (nSPS) is 20.9. The standard InChI is InChI=1S/C14H23N3O/c1-3-18-13-5-4-8-17(11-13)10-12-6-7-14(15-2)16-9-12/h6-7,9,13H,3-5,8,10-11H2,1-2H3,(H,15,16). The summed E-state index contributed by atoms with van der Waals surface area (Å²) in [6.07, 6.45) is 4.79. The van der Waals surface area contributed by atoms with Crippen LogP contribution in [-0.4, -0.2) is 42.7 Å². The SMILES string of the molecule is CCOC1CCCN(Cc2ccc(NC)nc2)C1. The van der Waals surface area contributed by atoms with E-state index in [1.807, 2.05) is 19.3 Å². The third kappa shape index (κ3) is 3.68. The number of aromatic nitrogens is 1. The molecule has 1 aromatic heterocycles. The Bertz CT molecular complexity index is 351. The van der Waals surface area contributed by atoms with E-state index >= 15 is 0 Å². The molecule has 1 atom stereocenters. The van der Waals surface area contributed by atoms with Gasteiger partial charge < -0.3 is 10.1 Å². The second-order valence-corrected chi connectivity index (χ2v) is 4.76. The summed E-state index contributed by atoms with van der Waals surface area (Å²) in [7, 11) is 1.89. The monoisotopic (exact) mass is 249 g/mol. The lowest BCUT2D eigenvalue weighted by Crippen LogP contribution is -2.39. The number of nitrogens with one attached hydrogen (secondary N) is 1. The molecule has 4 heteroatoms. The highest BCUT2D eigenvalue weighted by Crippen LogP contribution is 2.16. The van der Waals surface area contributed by atoms with Crippen molar-refractivity contribution in [2.24, 2.45) is 0 Å². The highest BCUT2D eigenvalue weighted by molar-refractivity contribution is 5.34. The first-order chi connectivity index (χ1) is 8.81. The Labute approximate surface area is 109 Å². The van der Waals surface area contributed by atoms with Crippen LogP contribution in [0.2, 0.25) is 0 Å². The topological polar surface area (TPSA) is 37.4 Å². The summed E-state index contributed by atoms with van der Waals surface area (Å²) in [4.78, 5) is 6.81. The molecule has 1 aromatic rings. The minimum Gasteiger partial charge on any atom is -0.377 e. The third-order valence-corrected chi connectivity index (χ3v) is 3.35. The van der Waals surface area contributed by atoms with Gasteiger partial charge in [0.25, 0.3) is 0 Å². The van der Waals surface area contributed by atoms with Crippen molar-refractivity contribution in [2.45, 2.75) is 32.4 Å². The average Bonchev–Trinajstić information content (AvgIpc) is 2.40. The van der Waals surface area contributed by atoms with Gasteiger partial charge in [-0.15, -0.1) is 0 Å². The van der Waals surface area contributed by atoms with Crippen LogP contribution < -0.4 is 5.32 Å². The molecule has 1 saturated heterocycles. The molecule has 2 rings (SSSR count). The number of hydrogen-bond donors (Lipinski definition) is 1. The lowest BCUT2D eigenvalue weighted by molar-refractivity contribution is 0.00361. The molecule has 4 nitrogen and oxygen atoms in total. The quantitative estimate of drug-likeness (QED) is 0.867. The molecule has 2 heterocycles. The largest absolute Gasteiger partial charge is 0.377 e. The van der Waals surface area contributed by atoms with Gasteiger partial charge in [-0.05, 0) is 37.9 Å². The fraction of sp³-hybridized carbons (Fsp3) is 0.643. The van der Waals surface area contributed by atoms with Gasteiger partial charge in [-0.3, -0.25) is 4.90 Å². The van der Waals surface area contributed by atoms with Crippen LogP contribution in [0.3, 0.4) is 0 Å². The number of ether oxygens (including phenoxy) is 1. The van der Waals surface area contributed by atoms with E-state index < -0.39 is 0 Å². The number of nitrogens with zero attached hydrogens (tertiary/aromatic N) is 2. The molecule has 1 aliphatic heterocycles. The van der Waals surface area contributed by atoms with Crippen LogP contribution >= 0.6 is 0 Å². The van der Waals surface area contributed by atoms with Crippen LogP contribution in [0.5, 0.6) is 0 Å². The summed E-state index contributed by atoms with van der Waals surface area (Å²) in [6, 6.07) is 4.17. The molecule has 100 valence electrons. The van der Waals surface area contributed by atoms with Crippen molar-refractivity contribution in [3.63, 3.8) is 0 Å². The van der Waals surface area contributed by atoms with Crippen molar-refractivity contribution in [2.75, 3.05) is 32.1 Å². The van der Waals surface area contributed by atoms with Crippen molar-refractivity contribution < 1.29 is 4.74 Å². The van der Waals surface area contributed by atoms with Crippen LogP contribution in [0.1, 0.15) is 25.3 Å². The van der Waals surface area contributed by atoms with E-state index in [2.05, 4.69) is 28.2 Å². The Kier molecular flexibility index (Phi) is 4.96. The van der Waals surface area contributed by atoms with Gasteiger partial charge in [-0.1, -0.05) is 6.07 Å². The minimum absolute atomic E-state index is 0.410. The van der Waals surface area contributed by atoms with E-state index in [9.17, 15) is 0 Å². The van der Waals surface area contributed by atoms with Gasteiger partial charge >= 0.3 is 0 Å². The van der Waals surface area contributed by atoms with E-state index in [4.69, 9.17) is 4.74 Å². The molecule has 1 N–H and O–H groups in total. The van der Waals surface area contributed by atoms with Gasteiger partial charge in [0.15, 0.2) is 0 Å². The maximum Gasteiger partial charge on any atom is 0.125 e. The molecule has 0 aromatic carbocycles. The number of anilines is 1. The molecule has 0 bridgehead atoms. The summed E-state index contributed by atoms with van der Waals surface area (Å²) >= 11 is 0. The lowest BCUT2D eigenvalue weighted by atomic mass is 10.1. The van der Waals surface area contributed by atoms with Crippen molar-refractivity contribution >= 4 is 5.82 Å². The number of pyridine rings is 1. The smallest absolute Gasteiger partial charge is 0.125 e. The van der Waals surface area contributed by atoms with E-state index in [-0.39, 0.29) is 0 Å². The minimum atomic E-state index is 0.410. The molecule has 18 heavy (non-hydrogen) atoms. The van der Waals surface area contributed by atoms with E-state index in [1.54, 1.807) is 0 Å². The first kappa shape index (κ1) is 13.3. The van der Waals surface area contributed by atoms with Crippen LogP contribution in [0.4, 0.5) is 5.82 Å². The molecule has 0 radical (unpaired) electrons. The molecule has 0 aliphatic carbocycles. The van der Waals surface area contributed by atoms with Crippen LogP contribution in [-0.2, 0) is 11.3 Å². The molecular weight excluding hydrogens is 226 g/mol. The number of rotatable bonds is 5. The second-order valence-electron chi connectivity index (χ2n) is 4.76. The Morgan fingerprint density at radius 2 is 2.39 bits per heavy atom. The number of hydrogen-bond acceptors (Lipinski definition) is 4.